The number of amides is 1. The molecule has 2 fully saturated rings. The first-order valence-electron chi connectivity index (χ1n) is 10.7. The predicted molar refractivity (Wildman–Crippen MR) is 118 cm³/mol. The summed E-state index contributed by atoms with van der Waals surface area (Å²) in [6.45, 7) is 9.81. The highest BCUT2D eigenvalue weighted by atomic mass is 32.2. The number of nitrogens with zero attached hydrogens (tertiary/aromatic N) is 4. The number of aromatic amines is 1. The highest BCUT2D eigenvalue weighted by Crippen LogP contribution is 2.29. The topological polar surface area (TPSA) is 82.9 Å². The van der Waals surface area contributed by atoms with Crippen molar-refractivity contribution in [3.05, 3.63) is 33.9 Å². The quantitative estimate of drug-likeness (QED) is 0.801. The van der Waals surface area contributed by atoms with E-state index >= 15 is 0 Å². The van der Waals surface area contributed by atoms with Crippen LogP contribution in [0, 0.1) is 0 Å². The highest BCUT2D eigenvalue weighted by molar-refractivity contribution is 7.99. The molecule has 0 atom stereocenters. The second-order valence-electron chi connectivity index (χ2n) is 9.12. The molecule has 0 spiro atoms. The fraction of sp³-hybridized carbons (Fsp3) is 0.667. The number of H-pyrrole nitrogens is 1. The second-order valence-corrected chi connectivity index (χ2v) is 10.3. The summed E-state index contributed by atoms with van der Waals surface area (Å²) >= 11 is 1.99. The smallest absolute Gasteiger partial charge is 0.410 e. The molecule has 4 rings (SSSR count). The molecule has 4 heterocycles. The Kier molecular flexibility index (Phi) is 6.11. The molecule has 30 heavy (non-hydrogen) atoms. The number of hydrogen-bond donors (Lipinski definition) is 1. The Morgan fingerprint density at radius 1 is 1.23 bits per heavy atom. The van der Waals surface area contributed by atoms with Gasteiger partial charge in [0.15, 0.2) is 0 Å². The number of ether oxygens (including phenoxy) is 1. The Morgan fingerprint density at radius 3 is 2.60 bits per heavy atom. The summed E-state index contributed by atoms with van der Waals surface area (Å²) in [4.78, 5) is 31.9. The molecule has 1 amide bonds. The van der Waals surface area contributed by atoms with Gasteiger partial charge < -0.3 is 14.6 Å². The van der Waals surface area contributed by atoms with Crippen molar-refractivity contribution in [1.29, 1.82) is 0 Å². The van der Waals surface area contributed by atoms with E-state index in [1.807, 2.05) is 43.2 Å². The molecule has 2 aromatic rings. The molecule has 2 aromatic heterocycles. The fourth-order valence-electron chi connectivity index (χ4n) is 4.15. The van der Waals surface area contributed by atoms with Gasteiger partial charge in [0.05, 0.1) is 11.9 Å². The van der Waals surface area contributed by atoms with Crippen molar-refractivity contribution in [2.24, 2.45) is 0 Å². The van der Waals surface area contributed by atoms with Crippen LogP contribution in [-0.4, -0.2) is 73.8 Å². The summed E-state index contributed by atoms with van der Waals surface area (Å²) in [6, 6.07) is 1.66. The zero-order valence-electron chi connectivity index (χ0n) is 18.0. The van der Waals surface area contributed by atoms with Crippen molar-refractivity contribution in [2.45, 2.75) is 51.7 Å². The number of piperidine rings is 1. The highest BCUT2D eigenvalue weighted by Gasteiger charge is 2.29. The van der Waals surface area contributed by atoms with Crippen molar-refractivity contribution >= 4 is 23.5 Å². The number of carbonyl (C=O) groups excluding carboxylic acids is 1. The SMILES string of the molecule is CC(C)(C)OC(=O)N1CCC(c2cc(=O)[nH]c3c(CN4CCSCC4)cnn23)CC1. The minimum atomic E-state index is -0.495. The lowest BCUT2D eigenvalue weighted by Gasteiger charge is -2.33. The van der Waals surface area contributed by atoms with E-state index in [1.54, 1.807) is 11.0 Å². The average molecular weight is 434 g/mol. The Labute approximate surface area is 180 Å². The molecule has 0 aromatic carbocycles. The number of likely N-dealkylation sites (tertiary alicyclic amines) is 1. The van der Waals surface area contributed by atoms with E-state index in [1.165, 1.54) is 0 Å². The fourth-order valence-corrected chi connectivity index (χ4v) is 5.13. The molecule has 0 aliphatic carbocycles. The molecule has 0 saturated carbocycles. The number of fused-ring (bicyclic) bond motifs is 1. The molecular weight excluding hydrogens is 402 g/mol. The summed E-state index contributed by atoms with van der Waals surface area (Å²) in [5.41, 5.74) is 2.20. The van der Waals surface area contributed by atoms with Gasteiger partial charge in [-0.2, -0.15) is 16.9 Å². The van der Waals surface area contributed by atoms with Gasteiger partial charge in [-0.3, -0.25) is 9.69 Å². The van der Waals surface area contributed by atoms with Gasteiger partial charge in [-0.05, 0) is 33.6 Å². The molecule has 0 radical (unpaired) electrons. The van der Waals surface area contributed by atoms with Gasteiger partial charge in [-0.1, -0.05) is 0 Å². The summed E-state index contributed by atoms with van der Waals surface area (Å²) in [5, 5.41) is 4.61. The molecule has 2 saturated heterocycles. The Morgan fingerprint density at radius 2 is 1.93 bits per heavy atom. The van der Waals surface area contributed by atoms with Crippen LogP contribution in [0.1, 0.15) is 50.8 Å². The molecule has 9 heteroatoms. The van der Waals surface area contributed by atoms with E-state index in [4.69, 9.17) is 4.74 Å². The van der Waals surface area contributed by atoms with Crippen LogP contribution in [0.5, 0.6) is 0 Å². The average Bonchev–Trinajstić information content (AvgIpc) is 3.09. The third kappa shape index (κ3) is 4.83. The number of hydrogen-bond acceptors (Lipinski definition) is 6. The monoisotopic (exact) mass is 433 g/mol. The van der Waals surface area contributed by atoms with Gasteiger partial charge in [0, 0.05) is 61.8 Å². The number of carbonyl (C=O) groups is 1. The zero-order valence-corrected chi connectivity index (χ0v) is 18.8. The van der Waals surface area contributed by atoms with Crippen LogP contribution in [-0.2, 0) is 11.3 Å². The molecular formula is C21H31N5O3S. The Balaban J connectivity index is 1.49. The molecule has 0 unspecified atom stereocenters. The van der Waals surface area contributed by atoms with Crippen LogP contribution in [0.25, 0.3) is 5.65 Å². The van der Waals surface area contributed by atoms with E-state index in [2.05, 4.69) is 15.0 Å². The van der Waals surface area contributed by atoms with Crippen molar-refractivity contribution < 1.29 is 9.53 Å². The van der Waals surface area contributed by atoms with E-state index in [0.29, 0.717) is 13.1 Å². The number of rotatable bonds is 3. The second kappa shape index (κ2) is 8.63. The third-order valence-electron chi connectivity index (χ3n) is 5.67. The lowest BCUT2D eigenvalue weighted by atomic mass is 9.93. The largest absolute Gasteiger partial charge is 0.444 e. The molecule has 2 aliphatic heterocycles. The number of thioether (sulfide) groups is 1. The maximum Gasteiger partial charge on any atom is 0.410 e. The minimum absolute atomic E-state index is 0.0944. The van der Waals surface area contributed by atoms with Crippen molar-refractivity contribution in [1.82, 2.24) is 24.4 Å². The molecule has 8 nitrogen and oxygen atoms in total. The van der Waals surface area contributed by atoms with Crippen LogP contribution >= 0.6 is 11.8 Å². The summed E-state index contributed by atoms with van der Waals surface area (Å²) in [5.74, 6) is 2.49. The summed E-state index contributed by atoms with van der Waals surface area (Å²) in [7, 11) is 0. The van der Waals surface area contributed by atoms with Crippen LogP contribution in [0.4, 0.5) is 4.79 Å². The minimum Gasteiger partial charge on any atom is -0.444 e. The van der Waals surface area contributed by atoms with Crippen molar-refractivity contribution in [2.75, 3.05) is 37.7 Å². The standard InChI is InChI=1S/C21H31N5O3S/c1-21(2,3)29-20(28)25-6-4-15(5-7-25)17-12-18(27)23-19-16(13-22-26(17)19)14-24-8-10-30-11-9-24/h12-13,15H,4-11,14H2,1-3H3,(H,23,27). The number of nitrogens with one attached hydrogen (secondary N) is 1. The summed E-state index contributed by atoms with van der Waals surface area (Å²) < 4.78 is 7.38. The van der Waals surface area contributed by atoms with Gasteiger partial charge in [0.2, 0.25) is 0 Å². The van der Waals surface area contributed by atoms with E-state index in [9.17, 15) is 9.59 Å². The van der Waals surface area contributed by atoms with Crippen molar-refractivity contribution in [3.63, 3.8) is 0 Å². The first-order valence-corrected chi connectivity index (χ1v) is 11.8. The first kappa shape index (κ1) is 21.2. The third-order valence-corrected chi connectivity index (χ3v) is 6.62. The molecule has 1 N–H and O–H groups in total. The Hall–Kier alpha value is -2.00. The van der Waals surface area contributed by atoms with Gasteiger partial charge in [-0.25, -0.2) is 9.31 Å². The van der Waals surface area contributed by atoms with E-state index < -0.39 is 5.60 Å². The zero-order chi connectivity index (χ0) is 21.3. The van der Waals surface area contributed by atoms with Crippen LogP contribution < -0.4 is 5.56 Å². The Bertz CT molecular complexity index is 950. The van der Waals surface area contributed by atoms with Crippen LogP contribution in [0.3, 0.4) is 0 Å². The maximum atomic E-state index is 12.4. The van der Waals surface area contributed by atoms with Crippen LogP contribution in [0.2, 0.25) is 0 Å². The normalized spacial score (nSPS) is 19.4. The maximum absolute atomic E-state index is 12.4. The molecule has 2 aliphatic rings. The van der Waals surface area contributed by atoms with Crippen LogP contribution in [0.15, 0.2) is 17.1 Å². The van der Waals surface area contributed by atoms with E-state index in [-0.39, 0.29) is 17.6 Å². The first-order chi connectivity index (χ1) is 14.3. The lowest BCUT2D eigenvalue weighted by molar-refractivity contribution is 0.0203. The van der Waals surface area contributed by atoms with Gasteiger partial charge >= 0.3 is 6.09 Å². The van der Waals surface area contributed by atoms with E-state index in [0.717, 1.165) is 60.9 Å². The molecule has 164 valence electrons. The van der Waals surface area contributed by atoms with Gasteiger partial charge in [0.1, 0.15) is 11.2 Å². The summed E-state index contributed by atoms with van der Waals surface area (Å²) in [6.07, 6.45) is 3.19. The number of aromatic nitrogens is 3. The predicted octanol–water partition coefficient (Wildman–Crippen LogP) is 2.69. The van der Waals surface area contributed by atoms with Gasteiger partial charge in [0.25, 0.3) is 5.56 Å². The van der Waals surface area contributed by atoms with Crippen molar-refractivity contribution in [3.8, 4) is 0 Å². The lowest BCUT2D eigenvalue weighted by Crippen LogP contribution is -2.41. The van der Waals surface area contributed by atoms with Gasteiger partial charge in [-0.15, -0.1) is 0 Å². The molecule has 0 bridgehead atoms.